The van der Waals surface area contributed by atoms with Crippen LogP contribution in [-0.2, 0) is 9.59 Å². The molecule has 3 atom stereocenters. The number of ether oxygens (including phenoxy) is 2. The van der Waals surface area contributed by atoms with Gasteiger partial charge in [0, 0.05) is 31.6 Å². The van der Waals surface area contributed by atoms with Crippen molar-refractivity contribution < 1.29 is 28.7 Å². The number of quaternary nitrogens is 1. The Bertz CT molecular complexity index is 1030. The van der Waals surface area contributed by atoms with E-state index >= 15 is 0 Å². The molecule has 2 aliphatic heterocycles. The third-order valence-corrected chi connectivity index (χ3v) is 8.19. The summed E-state index contributed by atoms with van der Waals surface area (Å²) >= 11 is 0. The first-order valence-electron chi connectivity index (χ1n) is 14.9. The Morgan fingerprint density at radius 2 is 1.82 bits per heavy atom. The molecule has 8 nitrogen and oxygen atoms in total. The Hall–Kier alpha value is -2.58. The van der Waals surface area contributed by atoms with Crippen LogP contribution in [0.1, 0.15) is 71.3 Å². The quantitative estimate of drug-likeness (QED) is 0.186. The first kappa shape index (κ1) is 31.9. The van der Waals surface area contributed by atoms with Gasteiger partial charge in [0.15, 0.2) is 11.5 Å². The number of carbonyl (C=O) groups is 2. The number of carboxylic acid groups (broad SMARTS) is 1. The number of unbranched alkanes of at least 4 members (excludes halogenated alkanes) is 2. The number of amides is 1. The van der Waals surface area contributed by atoms with E-state index in [-0.39, 0.29) is 36.6 Å². The molecule has 40 heavy (non-hydrogen) atoms. The molecule has 1 aromatic carbocycles. The lowest BCUT2D eigenvalue weighted by Crippen LogP contribution is -2.46. The van der Waals surface area contributed by atoms with E-state index in [9.17, 15) is 14.7 Å². The summed E-state index contributed by atoms with van der Waals surface area (Å²) in [7, 11) is 6.58. The molecular formula is C32H52N3O5+. The molecule has 8 heteroatoms. The van der Waals surface area contributed by atoms with Crippen LogP contribution in [0, 0.1) is 11.3 Å². The zero-order valence-electron chi connectivity index (χ0n) is 25.8. The van der Waals surface area contributed by atoms with Crippen molar-refractivity contribution >= 4 is 11.9 Å². The van der Waals surface area contributed by atoms with Crippen LogP contribution in [-0.4, -0.2) is 98.0 Å². The molecule has 2 aliphatic rings. The second-order valence-electron chi connectivity index (χ2n) is 13.2. The van der Waals surface area contributed by atoms with Gasteiger partial charge in [-0.2, -0.15) is 0 Å². The van der Waals surface area contributed by atoms with Crippen LogP contribution >= 0.6 is 0 Å². The van der Waals surface area contributed by atoms with Gasteiger partial charge in [0.05, 0.1) is 40.2 Å². The molecule has 1 saturated heterocycles. The minimum atomic E-state index is -0.818. The van der Waals surface area contributed by atoms with E-state index in [0.717, 1.165) is 55.4 Å². The lowest BCUT2D eigenvalue weighted by atomic mass is 9.77. The maximum atomic E-state index is 13.8. The number of benzene rings is 1. The fourth-order valence-corrected chi connectivity index (χ4v) is 6.16. The SMILES string of the molecule is CC=CC(C)(C)C[C@H]1[C@H](C(=O)O)[C@@H](c2ccc3c(c2)OCO3)CN1CC(=O)N(CCCC)CCCC[N+](C)(C)C. The smallest absolute Gasteiger partial charge is 0.308 e. The Balaban J connectivity index is 1.85. The molecule has 1 N–H and O–H groups in total. The molecule has 1 aromatic rings. The van der Waals surface area contributed by atoms with Crippen molar-refractivity contribution in [3.8, 4) is 11.5 Å². The van der Waals surface area contributed by atoms with Crippen molar-refractivity contribution in [1.29, 1.82) is 0 Å². The lowest BCUT2D eigenvalue weighted by Gasteiger charge is -2.34. The number of likely N-dealkylation sites (tertiary alicyclic amines) is 1. The Morgan fingerprint density at radius 3 is 2.48 bits per heavy atom. The maximum Gasteiger partial charge on any atom is 0.308 e. The van der Waals surface area contributed by atoms with Crippen LogP contribution in [0.25, 0.3) is 0 Å². The third-order valence-electron chi connectivity index (χ3n) is 8.19. The predicted molar refractivity (Wildman–Crippen MR) is 159 cm³/mol. The molecular weight excluding hydrogens is 506 g/mol. The molecule has 0 radical (unpaired) electrons. The van der Waals surface area contributed by atoms with Gasteiger partial charge in [-0.25, -0.2) is 0 Å². The number of nitrogens with zero attached hydrogens (tertiary/aromatic N) is 3. The second kappa shape index (κ2) is 13.9. The van der Waals surface area contributed by atoms with Crippen molar-refractivity contribution in [1.82, 2.24) is 9.80 Å². The molecule has 3 rings (SSSR count). The van der Waals surface area contributed by atoms with Crippen LogP contribution in [0.15, 0.2) is 30.4 Å². The summed E-state index contributed by atoms with van der Waals surface area (Å²) in [6.07, 6.45) is 8.85. The van der Waals surface area contributed by atoms with E-state index in [1.54, 1.807) is 0 Å². The third kappa shape index (κ3) is 8.71. The lowest BCUT2D eigenvalue weighted by molar-refractivity contribution is -0.870. The molecule has 1 amide bonds. The van der Waals surface area contributed by atoms with E-state index in [1.165, 1.54) is 0 Å². The molecule has 224 valence electrons. The van der Waals surface area contributed by atoms with Crippen molar-refractivity contribution in [2.75, 3.05) is 60.7 Å². The average molecular weight is 559 g/mol. The average Bonchev–Trinajstić information content (AvgIpc) is 3.46. The fraction of sp³-hybridized carbons (Fsp3) is 0.688. The summed E-state index contributed by atoms with van der Waals surface area (Å²) in [6.45, 7) is 11.9. The number of aliphatic carboxylic acids is 1. The maximum absolute atomic E-state index is 13.8. The summed E-state index contributed by atoms with van der Waals surface area (Å²) in [5, 5.41) is 10.5. The van der Waals surface area contributed by atoms with Crippen molar-refractivity contribution in [3.63, 3.8) is 0 Å². The number of fused-ring (bicyclic) bond motifs is 1. The van der Waals surface area contributed by atoms with Gasteiger partial charge in [0.25, 0.3) is 0 Å². The fourth-order valence-electron chi connectivity index (χ4n) is 6.16. The van der Waals surface area contributed by atoms with Crippen LogP contribution in [0.2, 0.25) is 0 Å². The molecule has 0 saturated carbocycles. The van der Waals surface area contributed by atoms with Crippen LogP contribution < -0.4 is 9.47 Å². The number of rotatable bonds is 15. The highest BCUT2D eigenvalue weighted by molar-refractivity contribution is 5.79. The minimum Gasteiger partial charge on any atom is -0.481 e. The summed E-state index contributed by atoms with van der Waals surface area (Å²) in [5.41, 5.74) is 0.717. The molecule has 0 aliphatic carbocycles. The van der Waals surface area contributed by atoms with E-state index in [0.29, 0.717) is 24.5 Å². The molecule has 1 fully saturated rings. The molecule has 0 unspecified atom stereocenters. The molecule has 0 bridgehead atoms. The molecule has 0 aromatic heterocycles. The summed E-state index contributed by atoms with van der Waals surface area (Å²) in [6, 6.07) is 5.47. The number of hydrogen-bond donors (Lipinski definition) is 1. The summed E-state index contributed by atoms with van der Waals surface area (Å²) < 4.78 is 12.0. The zero-order valence-corrected chi connectivity index (χ0v) is 25.8. The second-order valence-corrected chi connectivity index (χ2v) is 13.2. The number of carboxylic acids is 1. The van der Waals surface area contributed by atoms with Crippen molar-refractivity contribution in [3.05, 3.63) is 35.9 Å². The van der Waals surface area contributed by atoms with Crippen LogP contribution in [0.3, 0.4) is 0 Å². The van der Waals surface area contributed by atoms with Gasteiger partial charge in [-0.05, 0) is 55.7 Å². The highest BCUT2D eigenvalue weighted by Crippen LogP contribution is 2.45. The van der Waals surface area contributed by atoms with E-state index in [4.69, 9.17) is 9.47 Å². The Kier molecular flexibility index (Phi) is 11.1. The van der Waals surface area contributed by atoms with E-state index < -0.39 is 11.9 Å². The summed E-state index contributed by atoms with van der Waals surface area (Å²) in [5.74, 6) is -0.263. The van der Waals surface area contributed by atoms with Gasteiger partial charge < -0.3 is 24.0 Å². The van der Waals surface area contributed by atoms with E-state index in [1.807, 2.05) is 36.1 Å². The van der Waals surface area contributed by atoms with Crippen molar-refractivity contribution in [2.45, 2.75) is 71.8 Å². The van der Waals surface area contributed by atoms with Gasteiger partial charge in [0.2, 0.25) is 12.7 Å². The number of hydrogen-bond acceptors (Lipinski definition) is 5. The van der Waals surface area contributed by atoms with Crippen LogP contribution in [0.5, 0.6) is 11.5 Å². The predicted octanol–water partition coefficient (Wildman–Crippen LogP) is 4.99. The molecule has 2 heterocycles. The van der Waals surface area contributed by atoms with Crippen molar-refractivity contribution in [2.24, 2.45) is 11.3 Å². The standard InChI is InChI=1S/C32H51N3O5/c1-8-10-16-33(17-11-12-18-35(5,6)7)29(36)22-34-21-25(24-13-14-27-28(19-24)40-23-39-27)30(31(37)38)26(34)20-32(3,4)15-9-2/h9,13-15,19,25-26,30H,8,10-12,16-18,20-23H2,1-7H3/p+1/t25-,26+,30-/m1/s1. The zero-order chi connectivity index (χ0) is 29.5. The van der Waals surface area contributed by atoms with E-state index in [2.05, 4.69) is 52.9 Å². The largest absolute Gasteiger partial charge is 0.481 e. The highest BCUT2D eigenvalue weighted by atomic mass is 16.7. The Morgan fingerprint density at radius 1 is 1.12 bits per heavy atom. The summed E-state index contributed by atoms with van der Waals surface area (Å²) in [4.78, 5) is 30.8. The van der Waals surface area contributed by atoms with Gasteiger partial charge in [-0.15, -0.1) is 0 Å². The number of carbonyl (C=O) groups excluding carboxylic acids is 1. The van der Waals surface area contributed by atoms with Crippen LogP contribution in [0.4, 0.5) is 0 Å². The first-order chi connectivity index (χ1) is 18.8. The Labute approximate surface area is 241 Å². The van der Waals surface area contributed by atoms with Gasteiger partial charge in [-0.1, -0.05) is 45.4 Å². The van der Waals surface area contributed by atoms with Gasteiger partial charge >= 0.3 is 5.97 Å². The highest BCUT2D eigenvalue weighted by Gasteiger charge is 2.48. The topological polar surface area (TPSA) is 79.3 Å². The minimum absolute atomic E-state index is 0.100. The number of allylic oxidation sites excluding steroid dienone is 2. The molecule has 0 spiro atoms. The van der Waals surface area contributed by atoms with Gasteiger partial charge in [-0.3, -0.25) is 14.5 Å². The first-order valence-corrected chi connectivity index (χ1v) is 14.9. The normalized spacial score (nSPS) is 21.3. The van der Waals surface area contributed by atoms with Gasteiger partial charge in [0.1, 0.15) is 0 Å². The monoisotopic (exact) mass is 558 g/mol.